The number of aromatic nitrogens is 2. The highest BCUT2D eigenvalue weighted by Crippen LogP contribution is 2.18. The largest absolute Gasteiger partial charge is 0.471 e. The molecule has 22 heavy (non-hydrogen) atoms. The Morgan fingerprint density at radius 2 is 2.09 bits per heavy atom. The average molecular weight is 301 g/mol. The van der Waals surface area contributed by atoms with Crippen LogP contribution < -0.4 is 4.74 Å². The number of hydrogen-bond acceptors (Lipinski definition) is 4. The van der Waals surface area contributed by atoms with Gasteiger partial charge in [-0.25, -0.2) is 9.37 Å². The Bertz CT molecular complexity index is 634. The van der Waals surface area contributed by atoms with E-state index in [4.69, 9.17) is 4.74 Å². The lowest BCUT2D eigenvalue weighted by Crippen LogP contribution is -2.44. The van der Waals surface area contributed by atoms with Crippen molar-refractivity contribution in [2.45, 2.75) is 18.9 Å². The zero-order valence-corrected chi connectivity index (χ0v) is 12.0. The molecule has 114 valence electrons. The molecule has 0 saturated carbocycles. The van der Waals surface area contributed by atoms with E-state index in [0.29, 0.717) is 24.5 Å². The van der Waals surface area contributed by atoms with Gasteiger partial charge in [0.25, 0.3) is 5.91 Å². The van der Waals surface area contributed by atoms with Crippen LogP contribution in [0.4, 0.5) is 4.39 Å². The van der Waals surface area contributed by atoms with E-state index >= 15 is 0 Å². The van der Waals surface area contributed by atoms with Crippen molar-refractivity contribution >= 4 is 5.91 Å². The molecule has 1 saturated heterocycles. The zero-order chi connectivity index (χ0) is 15.4. The summed E-state index contributed by atoms with van der Waals surface area (Å²) < 4.78 is 18.7. The van der Waals surface area contributed by atoms with Crippen LogP contribution in [-0.4, -0.2) is 40.0 Å². The maximum Gasteiger partial charge on any atom is 0.253 e. The number of piperidine rings is 1. The highest BCUT2D eigenvalue weighted by atomic mass is 19.1. The number of carbonyl (C=O) groups is 1. The van der Waals surface area contributed by atoms with Crippen LogP contribution in [0.25, 0.3) is 0 Å². The Kier molecular flexibility index (Phi) is 4.27. The van der Waals surface area contributed by atoms with Crippen molar-refractivity contribution < 1.29 is 13.9 Å². The van der Waals surface area contributed by atoms with Crippen molar-refractivity contribution in [3.8, 4) is 5.88 Å². The summed E-state index contributed by atoms with van der Waals surface area (Å²) in [6, 6.07) is 5.60. The second-order valence-corrected chi connectivity index (χ2v) is 5.18. The van der Waals surface area contributed by atoms with Gasteiger partial charge < -0.3 is 9.64 Å². The number of halogens is 1. The Balaban J connectivity index is 1.65. The predicted octanol–water partition coefficient (Wildman–Crippen LogP) is 2.30. The predicted molar refractivity (Wildman–Crippen MR) is 78.0 cm³/mol. The first kappa shape index (κ1) is 14.4. The molecule has 6 heteroatoms. The van der Waals surface area contributed by atoms with Gasteiger partial charge in [-0.1, -0.05) is 0 Å². The number of carbonyl (C=O) groups excluding carboxylic acids is 1. The van der Waals surface area contributed by atoms with Gasteiger partial charge in [-0.05, 0) is 37.1 Å². The Morgan fingerprint density at radius 1 is 1.27 bits per heavy atom. The third kappa shape index (κ3) is 3.39. The minimum Gasteiger partial charge on any atom is -0.471 e. The fourth-order valence-electron chi connectivity index (χ4n) is 2.51. The van der Waals surface area contributed by atoms with Crippen LogP contribution in [0.15, 0.2) is 42.9 Å². The molecule has 1 amide bonds. The second-order valence-electron chi connectivity index (χ2n) is 5.18. The van der Waals surface area contributed by atoms with Crippen molar-refractivity contribution in [2.75, 3.05) is 13.1 Å². The van der Waals surface area contributed by atoms with E-state index in [1.54, 1.807) is 23.5 Å². The fourth-order valence-corrected chi connectivity index (χ4v) is 2.51. The van der Waals surface area contributed by atoms with Crippen LogP contribution in [0.5, 0.6) is 5.88 Å². The van der Waals surface area contributed by atoms with Crippen molar-refractivity contribution in [3.63, 3.8) is 0 Å². The van der Waals surface area contributed by atoms with Crippen molar-refractivity contribution in [2.24, 2.45) is 0 Å². The van der Waals surface area contributed by atoms with E-state index in [1.165, 1.54) is 24.3 Å². The van der Waals surface area contributed by atoms with Crippen molar-refractivity contribution in [1.82, 2.24) is 14.9 Å². The van der Waals surface area contributed by atoms with Gasteiger partial charge in [0.1, 0.15) is 11.9 Å². The quantitative estimate of drug-likeness (QED) is 0.873. The molecular weight excluding hydrogens is 285 g/mol. The van der Waals surface area contributed by atoms with Gasteiger partial charge in [0.2, 0.25) is 5.88 Å². The monoisotopic (exact) mass is 301 g/mol. The molecule has 0 aliphatic carbocycles. The first-order valence-electron chi connectivity index (χ1n) is 7.20. The summed E-state index contributed by atoms with van der Waals surface area (Å²) in [6.07, 6.45) is 6.33. The van der Waals surface area contributed by atoms with Crippen LogP contribution in [-0.2, 0) is 0 Å². The first-order valence-corrected chi connectivity index (χ1v) is 7.20. The smallest absolute Gasteiger partial charge is 0.253 e. The molecule has 0 N–H and O–H groups in total. The van der Waals surface area contributed by atoms with Gasteiger partial charge in [0.15, 0.2) is 0 Å². The summed E-state index contributed by atoms with van der Waals surface area (Å²) in [5.74, 6) is 0.00934. The number of nitrogens with zero attached hydrogens (tertiary/aromatic N) is 3. The lowest BCUT2D eigenvalue weighted by atomic mass is 10.1. The Hall–Kier alpha value is -2.50. The summed E-state index contributed by atoms with van der Waals surface area (Å²) in [7, 11) is 0. The molecule has 3 rings (SSSR count). The lowest BCUT2D eigenvalue weighted by molar-refractivity contribution is 0.0527. The van der Waals surface area contributed by atoms with Crippen LogP contribution >= 0.6 is 0 Å². The number of rotatable bonds is 3. The number of hydrogen-bond donors (Lipinski definition) is 0. The minimum atomic E-state index is -0.348. The highest BCUT2D eigenvalue weighted by Gasteiger charge is 2.26. The van der Waals surface area contributed by atoms with E-state index in [0.717, 1.165) is 12.8 Å². The van der Waals surface area contributed by atoms with Crippen LogP contribution in [0, 0.1) is 5.82 Å². The molecule has 1 aromatic carbocycles. The van der Waals surface area contributed by atoms with Gasteiger partial charge in [-0.3, -0.25) is 9.78 Å². The Morgan fingerprint density at radius 3 is 2.82 bits per heavy atom. The molecule has 1 aliphatic rings. The highest BCUT2D eigenvalue weighted by molar-refractivity contribution is 5.94. The average Bonchev–Trinajstić information content (AvgIpc) is 2.56. The normalized spacial score (nSPS) is 18.0. The van der Waals surface area contributed by atoms with E-state index in [1.807, 2.05) is 0 Å². The van der Waals surface area contributed by atoms with E-state index < -0.39 is 0 Å². The Labute approximate surface area is 127 Å². The molecule has 0 bridgehead atoms. The summed E-state index contributed by atoms with van der Waals surface area (Å²) in [5.41, 5.74) is 0.488. The van der Waals surface area contributed by atoms with Gasteiger partial charge in [0.05, 0.1) is 12.7 Å². The summed E-state index contributed by atoms with van der Waals surface area (Å²) in [5, 5.41) is 0. The topological polar surface area (TPSA) is 55.3 Å². The van der Waals surface area contributed by atoms with E-state index in [9.17, 15) is 9.18 Å². The van der Waals surface area contributed by atoms with Crippen LogP contribution in [0.2, 0.25) is 0 Å². The summed E-state index contributed by atoms with van der Waals surface area (Å²) in [6.45, 7) is 1.17. The van der Waals surface area contributed by atoms with Crippen molar-refractivity contribution in [1.29, 1.82) is 0 Å². The minimum absolute atomic E-state index is 0.102. The zero-order valence-electron chi connectivity index (χ0n) is 12.0. The van der Waals surface area contributed by atoms with E-state index in [2.05, 4.69) is 9.97 Å². The van der Waals surface area contributed by atoms with E-state index in [-0.39, 0.29) is 17.8 Å². The number of benzene rings is 1. The molecule has 5 nitrogen and oxygen atoms in total. The van der Waals surface area contributed by atoms with Gasteiger partial charge in [-0.2, -0.15) is 0 Å². The third-order valence-corrected chi connectivity index (χ3v) is 3.58. The molecule has 1 aromatic heterocycles. The summed E-state index contributed by atoms with van der Waals surface area (Å²) in [4.78, 5) is 22.2. The van der Waals surface area contributed by atoms with Gasteiger partial charge >= 0.3 is 0 Å². The molecular formula is C16H16FN3O2. The SMILES string of the molecule is O=C(c1ccc(F)cc1)N1CCCC(Oc2cnccn2)C1. The molecule has 0 spiro atoms. The standard InChI is InChI=1S/C16H16FN3O2/c17-13-5-3-12(4-6-13)16(21)20-9-1-2-14(11-20)22-15-10-18-7-8-19-15/h3-8,10,14H,1-2,9,11H2. The molecule has 1 unspecified atom stereocenters. The second kappa shape index (κ2) is 6.51. The van der Waals surface area contributed by atoms with Gasteiger partial charge in [0, 0.05) is 24.5 Å². The molecule has 1 aliphatic heterocycles. The summed E-state index contributed by atoms with van der Waals surface area (Å²) >= 11 is 0. The fraction of sp³-hybridized carbons (Fsp3) is 0.312. The van der Waals surface area contributed by atoms with Crippen molar-refractivity contribution in [3.05, 3.63) is 54.2 Å². The molecule has 0 radical (unpaired) electrons. The number of amides is 1. The van der Waals surface area contributed by atoms with Crippen LogP contribution in [0.3, 0.4) is 0 Å². The molecule has 2 aromatic rings. The maximum absolute atomic E-state index is 12.9. The number of ether oxygens (including phenoxy) is 1. The molecule has 1 fully saturated rings. The van der Waals surface area contributed by atoms with Gasteiger partial charge in [-0.15, -0.1) is 0 Å². The molecule has 1 atom stereocenters. The first-order chi connectivity index (χ1) is 10.7. The third-order valence-electron chi connectivity index (χ3n) is 3.58. The maximum atomic E-state index is 12.9. The lowest BCUT2D eigenvalue weighted by Gasteiger charge is -2.32. The number of likely N-dealkylation sites (tertiary alicyclic amines) is 1. The molecule has 2 heterocycles. The van der Waals surface area contributed by atoms with Crippen LogP contribution in [0.1, 0.15) is 23.2 Å².